The van der Waals surface area contributed by atoms with E-state index in [0.717, 1.165) is 9.79 Å². The molecule has 1 nitrogen and oxygen atoms in total. The monoisotopic (exact) mass is 534 g/mol. The van der Waals surface area contributed by atoms with Crippen LogP contribution in [-0.2, 0) is 10.8 Å². The molecular weight excluding hydrogens is 491 g/mol. The first-order valence-corrected chi connectivity index (χ1v) is 20.9. The number of hydrogen-bond donors (Lipinski definition) is 0. The van der Waals surface area contributed by atoms with Gasteiger partial charge in [0.05, 0.1) is 0 Å². The summed E-state index contributed by atoms with van der Waals surface area (Å²) in [4.78, 5) is 1.98. The van der Waals surface area contributed by atoms with Crippen LogP contribution >= 0.6 is 0 Å². The van der Waals surface area contributed by atoms with Gasteiger partial charge in [0.25, 0.3) is 0 Å². The van der Waals surface area contributed by atoms with Gasteiger partial charge in [-0.1, -0.05) is 0 Å². The van der Waals surface area contributed by atoms with Crippen LogP contribution in [0, 0.1) is 6.92 Å². The van der Waals surface area contributed by atoms with Crippen molar-refractivity contribution >= 4 is 29.2 Å². The zero-order valence-electron chi connectivity index (χ0n) is 19.9. The Morgan fingerprint density at radius 1 is 0.800 bits per heavy atom. The summed E-state index contributed by atoms with van der Waals surface area (Å²) in [5, 5.41) is 0. The summed E-state index contributed by atoms with van der Waals surface area (Å²) < 4.78 is 18.7. The molecule has 2 aromatic rings. The number of aryl methyl sites for hydroxylation is 1. The van der Waals surface area contributed by atoms with Crippen molar-refractivity contribution in [3.05, 3.63) is 59.7 Å². The van der Waals surface area contributed by atoms with Crippen LogP contribution in [0.5, 0.6) is 0 Å². The van der Waals surface area contributed by atoms with Crippen LogP contribution < -0.4 is 0 Å². The molecule has 0 aliphatic rings. The average Bonchev–Trinajstić information content (AvgIpc) is 2.78. The van der Waals surface area contributed by atoms with E-state index in [1.54, 1.807) is 0 Å². The van der Waals surface area contributed by atoms with Crippen molar-refractivity contribution in [3.8, 4) is 0 Å². The van der Waals surface area contributed by atoms with Crippen molar-refractivity contribution in [2.24, 2.45) is 0 Å². The second kappa shape index (κ2) is 13.1. The normalized spacial score (nSPS) is 13.9. The molecule has 0 heterocycles. The number of hydrogen-bond acceptors (Lipinski definition) is 1. The van der Waals surface area contributed by atoms with E-state index in [4.69, 9.17) is 0 Å². The number of unbranched alkanes of at least 4 members (excludes halogenated alkanes) is 3. The average molecular weight is 533 g/mol. The molecule has 2 rings (SSSR count). The van der Waals surface area contributed by atoms with E-state index in [1.807, 2.05) is 12.1 Å². The molecule has 0 N–H and O–H groups in total. The Morgan fingerprint density at radius 2 is 1.30 bits per heavy atom. The van der Waals surface area contributed by atoms with Gasteiger partial charge in [-0.2, -0.15) is 0 Å². The standard InChI is InChI=1S/C15H15OS.3C4H9.Sn/c1-3-13-6-4-5-7-15(13)17(16)14-10-8-12(2)9-11-14;3*1-3-4-2;/h3-11H,1-2H3;3*1,3-4H2,2H3;/t17-;;;;/m0..../s1. The van der Waals surface area contributed by atoms with Gasteiger partial charge in [-0.25, -0.2) is 0 Å². The molecule has 0 radical (unpaired) electrons. The van der Waals surface area contributed by atoms with E-state index >= 15 is 0 Å². The summed E-state index contributed by atoms with van der Waals surface area (Å²) in [5.74, 6) is 0. The Morgan fingerprint density at radius 3 is 1.80 bits per heavy atom. The van der Waals surface area contributed by atoms with E-state index in [2.05, 4.69) is 71.0 Å². The second-order valence-electron chi connectivity index (χ2n) is 9.01. The molecule has 3 heteroatoms. The quantitative estimate of drug-likeness (QED) is 0.236. The van der Waals surface area contributed by atoms with Crippen LogP contribution in [0.25, 0.3) is 0 Å². The van der Waals surface area contributed by atoms with Gasteiger partial charge in [-0.05, 0) is 0 Å². The molecular formula is C27H42OSSn. The van der Waals surface area contributed by atoms with Crippen LogP contribution in [0.4, 0.5) is 0 Å². The molecule has 2 aromatic carbocycles. The molecule has 30 heavy (non-hydrogen) atoms. The summed E-state index contributed by atoms with van der Waals surface area (Å²) in [6.07, 6.45) is 7.99. The van der Waals surface area contributed by atoms with E-state index in [0.29, 0.717) is 3.93 Å². The Bertz CT molecular complexity index is 762. The number of benzene rings is 2. The van der Waals surface area contributed by atoms with Crippen LogP contribution in [0.3, 0.4) is 0 Å². The topological polar surface area (TPSA) is 17.1 Å². The Kier molecular flexibility index (Phi) is 11.2. The molecule has 2 atom stereocenters. The minimum atomic E-state index is -2.46. The Hall–Kier alpha value is -0.611. The summed E-state index contributed by atoms with van der Waals surface area (Å²) in [6.45, 7) is 11.6. The fourth-order valence-corrected chi connectivity index (χ4v) is 23.8. The van der Waals surface area contributed by atoms with Gasteiger partial charge < -0.3 is 0 Å². The Labute approximate surface area is 192 Å². The first-order chi connectivity index (χ1) is 14.5. The molecule has 0 unspecified atom stereocenters. The van der Waals surface area contributed by atoms with E-state index in [1.165, 1.54) is 63.0 Å². The first kappa shape index (κ1) is 25.6. The molecule has 0 saturated heterocycles. The van der Waals surface area contributed by atoms with Gasteiger partial charge in [0.1, 0.15) is 0 Å². The van der Waals surface area contributed by atoms with Crippen LogP contribution in [0.2, 0.25) is 13.3 Å². The second-order valence-corrected chi connectivity index (χ2v) is 25.0. The van der Waals surface area contributed by atoms with Crippen LogP contribution in [0.15, 0.2) is 58.3 Å². The SMILES string of the molecule is CCC[CH2][Sn]([CH2]CCC)([CH2]CCC)[C@@H](C)c1ccccc1[S@@](=O)c1ccc(C)cc1. The van der Waals surface area contributed by atoms with Crippen molar-refractivity contribution in [1.29, 1.82) is 0 Å². The summed E-state index contributed by atoms with van der Waals surface area (Å²) in [6, 6.07) is 16.9. The summed E-state index contributed by atoms with van der Waals surface area (Å²) >= 11 is -2.46. The van der Waals surface area contributed by atoms with Crippen molar-refractivity contribution in [2.75, 3.05) is 0 Å². The van der Waals surface area contributed by atoms with Gasteiger partial charge >= 0.3 is 193 Å². The van der Waals surface area contributed by atoms with Gasteiger partial charge in [0.15, 0.2) is 0 Å². The van der Waals surface area contributed by atoms with Crippen molar-refractivity contribution in [3.63, 3.8) is 0 Å². The first-order valence-electron chi connectivity index (χ1n) is 12.1. The van der Waals surface area contributed by atoms with E-state index in [-0.39, 0.29) is 0 Å². The van der Waals surface area contributed by atoms with Crippen molar-refractivity contribution in [1.82, 2.24) is 0 Å². The zero-order valence-corrected chi connectivity index (χ0v) is 23.5. The van der Waals surface area contributed by atoms with Crippen molar-refractivity contribution in [2.45, 2.75) is 100 Å². The third kappa shape index (κ3) is 6.69. The third-order valence-corrected chi connectivity index (χ3v) is 26.0. The molecule has 0 bridgehead atoms. The molecule has 0 aliphatic carbocycles. The van der Waals surface area contributed by atoms with Gasteiger partial charge in [-0.15, -0.1) is 0 Å². The van der Waals surface area contributed by atoms with Gasteiger partial charge in [0.2, 0.25) is 0 Å². The molecule has 0 saturated carbocycles. The molecule has 0 spiro atoms. The molecule has 0 aliphatic heterocycles. The fourth-order valence-electron chi connectivity index (χ4n) is 4.74. The summed E-state index contributed by atoms with van der Waals surface area (Å²) in [5.41, 5.74) is 2.60. The fraction of sp³-hybridized carbons (Fsp3) is 0.556. The van der Waals surface area contributed by atoms with Crippen LogP contribution in [0.1, 0.15) is 81.3 Å². The Balaban J connectivity index is 2.47. The van der Waals surface area contributed by atoms with E-state index < -0.39 is 29.2 Å². The molecule has 0 fully saturated rings. The minimum absolute atomic E-state index is 0.620. The van der Waals surface area contributed by atoms with E-state index in [9.17, 15) is 4.21 Å². The predicted molar refractivity (Wildman–Crippen MR) is 136 cm³/mol. The number of rotatable bonds is 13. The van der Waals surface area contributed by atoms with Gasteiger partial charge in [0, 0.05) is 0 Å². The third-order valence-electron chi connectivity index (χ3n) is 6.82. The zero-order chi connectivity index (χ0) is 22.0. The maximum absolute atomic E-state index is 13.6. The van der Waals surface area contributed by atoms with Crippen molar-refractivity contribution < 1.29 is 4.21 Å². The van der Waals surface area contributed by atoms with Crippen LogP contribution in [-0.4, -0.2) is 22.6 Å². The predicted octanol–water partition coefficient (Wildman–Crippen LogP) is 8.65. The summed E-state index contributed by atoms with van der Waals surface area (Å²) in [7, 11) is -1.11. The maximum atomic E-state index is 13.6. The molecule has 0 amide bonds. The molecule has 0 aromatic heterocycles. The van der Waals surface area contributed by atoms with Gasteiger partial charge in [-0.3, -0.25) is 0 Å². The molecule has 166 valence electrons.